The summed E-state index contributed by atoms with van der Waals surface area (Å²) in [7, 11) is 1.58. The van der Waals surface area contributed by atoms with Gasteiger partial charge in [-0.05, 0) is 25.1 Å². The van der Waals surface area contributed by atoms with Crippen molar-refractivity contribution >= 4 is 28.9 Å². The lowest BCUT2D eigenvalue weighted by atomic mass is 10.2. The Morgan fingerprint density at radius 3 is 2.54 bits per heavy atom. The van der Waals surface area contributed by atoms with Gasteiger partial charge in [-0.1, -0.05) is 11.6 Å². The first-order valence-electron chi connectivity index (χ1n) is 7.02. The second kappa shape index (κ2) is 7.67. The van der Waals surface area contributed by atoms with E-state index in [0.717, 1.165) is 12.1 Å². The fourth-order valence-electron chi connectivity index (χ4n) is 1.94. The van der Waals surface area contributed by atoms with Crippen LogP contribution < -0.4 is 10.6 Å². The normalized spacial score (nSPS) is 11.4. The lowest BCUT2D eigenvalue weighted by Crippen LogP contribution is -2.10. The average molecular weight is 361 g/mol. The van der Waals surface area contributed by atoms with Crippen molar-refractivity contribution in [2.45, 2.75) is 13.1 Å². The van der Waals surface area contributed by atoms with Crippen LogP contribution in [0.15, 0.2) is 24.3 Å². The SMILES string of the molecule is COCCNc1cc(Nc2cc(C(F)(F)F)ccc2Cl)nc(C)n1. The third kappa shape index (κ3) is 4.97. The van der Waals surface area contributed by atoms with Crippen LogP contribution >= 0.6 is 11.6 Å². The smallest absolute Gasteiger partial charge is 0.383 e. The van der Waals surface area contributed by atoms with Crippen LogP contribution in [0.5, 0.6) is 0 Å². The topological polar surface area (TPSA) is 59.1 Å². The predicted octanol–water partition coefficient (Wildman–Crippen LogP) is 4.26. The third-order valence-corrected chi connectivity index (χ3v) is 3.34. The summed E-state index contributed by atoms with van der Waals surface area (Å²) in [5.41, 5.74) is -0.675. The molecule has 1 aromatic carbocycles. The summed E-state index contributed by atoms with van der Waals surface area (Å²) in [4.78, 5) is 8.35. The van der Waals surface area contributed by atoms with E-state index in [1.807, 2.05) is 0 Å². The van der Waals surface area contributed by atoms with Gasteiger partial charge in [0.2, 0.25) is 0 Å². The molecule has 0 aliphatic rings. The number of hydrogen-bond donors (Lipinski definition) is 2. The van der Waals surface area contributed by atoms with Gasteiger partial charge in [-0.15, -0.1) is 0 Å². The monoisotopic (exact) mass is 360 g/mol. The van der Waals surface area contributed by atoms with Crippen LogP contribution in [0.2, 0.25) is 5.02 Å². The first kappa shape index (κ1) is 18.3. The van der Waals surface area contributed by atoms with Gasteiger partial charge in [0, 0.05) is 19.7 Å². The van der Waals surface area contributed by atoms with Gasteiger partial charge in [-0.25, -0.2) is 9.97 Å². The Bertz CT molecular complexity index is 710. The van der Waals surface area contributed by atoms with Gasteiger partial charge >= 0.3 is 6.18 Å². The zero-order chi connectivity index (χ0) is 17.7. The number of ether oxygens (including phenoxy) is 1. The number of hydrogen-bond acceptors (Lipinski definition) is 5. The van der Waals surface area contributed by atoms with E-state index >= 15 is 0 Å². The van der Waals surface area contributed by atoms with Crippen molar-refractivity contribution in [3.05, 3.63) is 40.7 Å². The zero-order valence-corrected chi connectivity index (χ0v) is 13.8. The van der Waals surface area contributed by atoms with E-state index in [4.69, 9.17) is 16.3 Å². The molecule has 0 bridgehead atoms. The van der Waals surface area contributed by atoms with E-state index in [0.29, 0.717) is 30.6 Å². The second-order valence-electron chi connectivity index (χ2n) is 4.92. The summed E-state index contributed by atoms with van der Waals surface area (Å²) < 4.78 is 43.4. The Morgan fingerprint density at radius 1 is 1.17 bits per heavy atom. The summed E-state index contributed by atoms with van der Waals surface area (Å²) >= 11 is 5.97. The fraction of sp³-hybridized carbons (Fsp3) is 0.333. The highest BCUT2D eigenvalue weighted by molar-refractivity contribution is 6.33. The minimum Gasteiger partial charge on any atom is -0.383 e. The van der Waals surface area contributed by atoms with Gasteiger partial charge in [0.1, 0.15) is 17.5 Å². The standard InChI is InChI=1S/C15H16ClF3N4O/c1-9-21-13(20-5-6-24-2)8-14(22-9)23-12-7-10(15(17,18)19)3-4-11(12)16/h3-4,7-8H,5-6H2,1-2H3,(H2,20,21,22,23). The molecule has 2 N–H and O–H groups in total. The van der Waals surface area contributed by atoms with Gasteiger partial charge in [-0.3, -0.25) is 0 Å². The molecule has 0 atom stereocenters. The fourth-order valence-corrected chi connectivity index (χ4v) is 2.10. The van der Waals surface area contributed by atoms with Crippen LogP contribution in [0.3, 0.4) is 0 Å². The summed E-state index contributed by atoms with van der Waals surface area (Å²) in [5, 5.41) is 6.00. The molecule has 5 nitrogen and oxygen atoms in total. The number of nitrogens with zero attached hydrogens (tertiary/aromatic N) is 2. The lowest BCUT2D eigenvalue weighted by Gasteiger charge is -2.13. The molecular weight excluding hydrogens is 345 g/mol. The molecule has 0 spiro atoms. The highest BCUT2D eigenvalue weighted by Crippen LogP contribution is 2.34. The quantitative estimate of drug-likeness (QED) is 0.754. The minimum absolute atomic E-state index is 0.118. The molecule has 9 heteroatoms. The van der Waals surface area contributed by atoms with Gasteiger partial charge in [0.05, 0.1) is 22.9 Å². The highest BCUT2D eigenvalue weighted by atomic mass is 35.5. The number of benzene rings is 1. The molecule has 0 saturated carbocycles. The van der Waals surface area contributed by atoms with Crippen molar-refractivity contribution in [2.24, 2.45) is 0 Å². The minimum atomic E-state index is -4.45. The largest absolute Gasteiger partial charge is 0.416 e. The van der Waals surface area contributed by atoms with Crippen LogP contribution in [0.25, 0.3) is 0 Å². The Morgan fingerprint density at radius 2 is 1.88 bits per heavy atom. The first-order valence-corrected chi connectivity index (χ1v) is 7.39. The summed E-state index contributed by atoms with van der Waals surface area (Å²) in [5.74, 6) is 1.33. The van der Waals surface area contributed by atoms with Gasteiger partial charge < -0.3 is 15.4 Å². The van der Waals surface area contributed by atoms with Crippen molar-refractivity contribution in [1.29, 1.82) is 0 Å². The van der Waals surface area contributed by atoms with Crippen LogP contribution in [0.1, 0.15) is 11.4 Å². The molecule has 1 aromatic heterocycles. The zero-order valence-electron chi connectivity index (χ0n) is 13.0. The van der Waals surface area contributed by atoms with Gasteiger partial charge in [0.25, 0.3) is 0 Å². The van der Waals surface area contributed by atoms with Crippen LogP contribution in [-0.4, -0.2) is 30.2 Å². The molecule has 0 radical (unpaired) electrons. The molecule has 0 saturated heterocycles. The van der Waals surface area contributed by atoms with Crippen molar-refractivity contribution < 1.29 is 17.9 Å². The molecule has 2 aromatic rings. The van der Waals surface area contributed by atoms with Crippen LogP contribution in [0.4, 0.5) is 30.5 Å². The molecule has 1 heterocycles. The molecule has 130 valence electrons. The molecule has 24 heavy (non-hydrogen) atoms. The molecule has 0 amide bonds. The van der Waals surface area contributed by atoms with E-state index in [9.17, 15) is 13.2 Å². The van der Waals surface area contributed by atoms with E-state index in [2.05, 4.69) is 20.6 Å². The molecule has 0 aliphatic heterocycles. The molecule has 0 fully saturated rings. The van der Waals surface area contributed by atoms with E-state index < -0.39 is 11.7 Å². The second-order valence-corrected chi connectivity index (χ2v) is 5.33. The Hall–Kier alpha value is -2.06. The van der Waals surface area contributed by atoms with E-state index in [-0.39, 0.29) is 10.7 Å². The predicted molar refractivity (Wildman–Crippen MR) is 86.9 cm³/mol. The van der Waals surface area contributed by atoms with Crippen molar-refractivity contribution in [1.82, 2.24) is 9.97 Å². The van der Waals surface area contributed by atoms with Crippen molar-refractivity contribution in [2.75, 3.05) is 30.9 Å². The maximum absolute atomic E-state index is 12.8. The number of nitrogens with one attached hydrogen (secondary N) is 2. The molecule has 0 unspecified atom stereocenters. The number of alkyl halides is 3. The number of methoxy groups -OCH3 is 1. The number of rotatable bonds is 6. The molecular formula is C15H16ClF3N4O. The maximum atomic E-state index is 12.8. The van der Waals surface area contributed by atoms with Crippen LogP contribution in [0, 0.1) is 6.92 Å². The molecule has 2 rings (SSSR count). The summed E-state index contributed by atoms with van der Waals surface area (Å²) in [6.45, 7) is 2.71. The van der Waals surface area contributed by atoms with Gasteiger partial charge in [0.15, 0.2) is 0 Å². The Labute approximate surface area is 142 Å². The van der Waals surface area contributed by atoms with E-state index in [1.54, 1.807) is 20.1 Å². The number of anilines is 3. The van der Waals surface area contributed by atoms with Gasteiger partial charge in [-0.2, -0.15) is 13.2 Å². The lowest BCUT2D eigenvalue weighted by molar-refractivity contribution is -0.137. The number of halogens is 4. The Balaban J connectivity index is 2.24. The van der Waals surface area contributed by atoms with Crippen molar-refractivity contribution in [3.8, 4) is 0 Å². The Kier molecular flexibility index (Phi) is 5.84. The number of aromatic nitrogens is 2. The summed E-state index contributed by atoms with van der Waals surface area (Å²) in [6, 6.07) is 4.64. The average Bonchev–Trinajstić information content (AvgIpc) is 2.48. The highest BCUT2D eigenvalue weighted by Gasteiger charge is 2.31. The van der Waals surface area contributed by atoms with Crippen LogP contribution in [-0.2, 0) is 10.9 Å². The summed E-state index contributed by atoms with van der Waals surface area (Å²) in [6.07, 6.45) is -4.45. The number of aryl methyl sites for hydroxylation is 1. The van der Waals surface area contributed by atoms with E-state index in [1.165, 1.54) is 6.07 Å². The third-order valence-electron chi connectivity index (χ3n) is 3.01. The van der Waals surface area contributed by atoms with Crippen molar-refractivity contribution in [3.63, 3.8) is 0 Å². The molecule has 0 aliphatic carbocycles. The maximum Gasteiger partial charge on any atom is 0.416 e. The first-order chi connectivity index (χ1) is 11.3.